The number of carbonyl (C=O) groups excluding carboxylic acids is 1. The molecule has 0 saturated carbocycles. The lowest BCUT2D eigenvalue weighted by atomic mass is 10.2. The van der Waals surface area contributed by atoms with Gasteiger partial charge in [-0.2, -0.15) is 0 Å². The summed E-state index contributed by atoms with van der Waals surface area (Å²) >= 11 is 1.64. The van der Waals surface area contributed by atoms with Gasteiger partial charge < -0.3 is 4.90 Å². The number of hydrogen-bond acceptors (Lipinski definition) is 3. The van der Waals surface area contributed by atoms with Crippen molar-refractivity contribution in [2.75, 3.05) is 13.6 Å². The van der Waals surface area contributed by atoms with Crippen LogP contribution < -0.4 is 0 Å². The zero-order valence-electron chi connectivity index (χ0n) is 10.4. The number of allylic oxidation sites excluding steroid dienone is 3. The number of aryl methyl sites for hydroxylation is 1. The van der Waals surface area contributed by atoms with Crippen LogP contribution in [0.1, 0.15) is 24.0 Å². The van der Waals surface area contributed by atoms with Gasteiger partial charge in [-0.1, -0.05) is 6.08 Å². The Balaban J connectivity index is 2.15. The van der Waals surface area contributed by atoms with Gasteiger partial charge in [-0.05, 0) is 31.9 Å². The van der Waals surface area contributed by atoms with Gasteiger partial charge in [0.15, 0.2) is 0 Å². The normalized spacial score (nSPS) is 14.5. The second-order valence-electron chi connectivity index (χ2n) is 4.10. The molecule has 90 valence electrons. The third-order valence-corrected chi connectivity index (χ3v) is 3.66. The molecule has 0 saturated heterocycles. The van der Waals surface area contributed by atoms with E-state index in [0.717, 1.165) is 34.8 Å². The molecule has 1 aromatic heterocycles. The molecule has 3 nitrogen and oxygen atoms in total. The van der Waals surface area contributed by atoms with Gasteiger partial charge in [-0.25, -0.2) is 4.98 Å². The Labute approximate surface area is 105 Å². The second-order valence-corrected chi connectivity index (χ2v) is 5.17. The number of hydrogen-bond donors (Lipinski definition) is 0. The molecule has 1 heterocycles. The lowest BCUT2D eigenvalue weighted by Gasteiger charge is -2.14. The van der Waals surface area contributed by atoms with E-state index in [0.29, 0.717) is 0 Å². The molecule has 0 atom stereocenters. The van der Waals surface area contributed by atoms with Crippen molar-refractivity contribution < 1.29 is 4.79 Å². The van der Waals surface area contributed by atoms with E-state index in [1.54, 1.807) is 16.2 Å². The highest BCUT2D eigenvalue weighted by Crippen LogP contribution is 2.27. The summed E-state index contributed by atoms with van der Waals surface area (Å²) in [7, 11) is 1.83. The molecule has 1 aliphatic carbocycles. The molecular formula is C13H16N2OS. The fraction of sp³-hybridized carbons (Fsp3) is 0.385. The van der Waals surface area contributed by atoms with Crippen LogP contribution in [0.5, 0.6) is 0 Å². The standard InChI is InChI=1S/C13H16N2OS/c1-4-15(3)13(16)11-6-5-10(7-11)12-8-17-9(2)14-12/h5,7-8H,4,6H2,1-3H3. The molecule has 0 N–H and O–H groups in total. The van der Waals surface area contributed by atoms with E-state index in [1.807, 2.05) is 32.4 Å². The van der Waals surface area contributed by atoms with Crippen LogP contribution in [0.2, 0.25) is 0 Å². The number of nitrogens with zero attached hydrogens (tertiary/aromatic N) is 2. The monoisotopic (exact) mass is 248 g/mol. The molecule has 1 aromatic rings. The van der Waals surface area contributed by atoms with Crippen LogP contribution in [0.15, 0.2) is 23.1 Å². The molecule has 17 heavy (non-hydrogen) atoms. The fourth-order valence-corrected chi connectivity index (χ4v) is 2.36. The Bertz CT molecular complexity index is 499. The molecule has 0 bridgehead atoms. The summed E-state index contributed by atoms with van der Waals surface area (Å²) in [6, 6.07) is 0. The molecule has 2 rings (SSSR count). The van der Waals surface area contributed by atoms with Crippen molar-refractivity contribution in [1.82, 2.24) is 9.88 Å². The van der Waals surface area contributed by atoms with E-state index in [1.165, 1.54) is 0 Å². The number of carbonyl (C=O) groups is 1. The SMILES string of the molecule is CCN(C)C(=O)C1=CC(c2csc(C)n2)=CC1. The highest BCUT2D eigenvalue weighted by molar-refractivity contribution is 7.09. The van der Waals surface area contributed by atoms with Crippen molar-refractivity contribution in [3.8, 4) is 0 Å². The molecule has 1 aliphatic rings. The third-order valence-electron chi connectivity index (χ3n) is 2.88. The Morgan fingerprint density at radius 3 is 2.94 bits per heavy atom. The first-order valence-electron chi connectivity index (χ1n) is 5.70. The summed E-state index contributed by atoms with van der Waals surface area (Å²) in [4.78, 5) is 18.1. The predicted molar refractivity (Wildman–Crippen MR) is 70.8 cm³/mol. The van der Waals surface area contributed by atoms with E-state index < -0.39 is 0 Å². The summed E-state index contributed by atoms with van der Waals surface area (Å²) in [5.74, 6) is 0.116. The minimum absolute atomic E-state index is 0.116. The molecular weight excluding hydrogens is 232 g/mol. The molecule has 0 aliphatic heterocycles. The van der Waals surface area contributed by atoms with Crippen molar-refractivity contribution in [2.24, 2.45) is 0 Å². The fourth-order valence-electron chi connectivity index (χ4n) is 1.74. The largest absolute Gasteiger partial charge is 0.342 e. The van der Waals surface area contributed by atoms with Gasteiger partial charge >= 0.3 is 0 Å². The van der Waals surface area contributed by atoms with Crippen LogP contribution in [0.25, 0.3) is 5.57 Å². The Kier molecular flexibility index (Phi) is 3.43. The van der Waals surface area contributed by atoms with Crippen molar-refractivity contribution in [2.45, 2.75) is 20.3 Å². The highest BCUT2D eigenvalue weighted by Gasteiger charge is 2.18. The lowest BCUT2D eigenvalue weighted by molar-refractivity contribution is -0.125. The number of thiazole rings is 1. The summed E-state index contributed by atoms with van der Waals surface area (Å²) in [6.45, 7) is 4.71. The molecule has 0 unspecified atom stereocenters. The van der Waals surface area contributed by atoms with Crippen LogP contribution >= 0.6 is 11.3 Å². The smallest absolute Gasteiger partial charge is 0.249 e. The zero-order chi connectivity index (χ0) is 12.4. The van der Waals surface area contributed by atoms with Crippen LogP contribution in [-0.4, -0.2) is 29.4 Å². The first kappa shape index (κ1) is 12.0. The minimum Gasteiger partial charge on any atom is -0.342 e. The maximum absolute atomic E-state index is 12.0. The lowest BCUT2D eigenvalue weighted by Crippen LogP contribution is -2.27. The number of rotatable bonds is 3. The maximum atomic E-state index is 12.0. The van der Waals surface area contributed by atoms with Crippen LogP contribution in [0, 0.1) is 6.92 Å². The molecule has 1 amide bonds. The molecule has 0 radical (unpaired) electrons. The zero-order valence-corrected chi connectivity index (χ0v) is 11.2. The number of likely N-dealkylation sites (N-methyl/N-ethyl adjacent to an activating group) is 1. The van der Waals surface area contributed by atoms with Crippen LogP contribution in [0.4, 0.5) is 0 Å². The van der Waals surface area contributed by atoms with Gasteiger partial charge in [0.2, 0.25) is 5.91 Å². The Hall–Kier alpha value is -1.42. The van der Waals surface area contributed by atoms with Gasteiger partial charge in [0.1, 0.15) is 0 Å². The molecule has 0 spiro atoms. The third kappa shape index (κ3) is 2.47. The van der Waals surface area contributed by atoms with Crippen LogP contribution in [-0.2, 0) is 4.79 Å². The van der Waals surface area contributed by atoms with E-state index >= 15 is 0 Å². The highest BCUT2D eigenvalue weighted by atomic mass is 32.1. The number of aromatic nitrogens is 1. The van der Waals surface area contributed by atoms with Crippen molar-refractivity contribution in [1.29, 1.82) is 0 Å². The average Bonchev–Trinajstić information content (AvgIpc) is 2.95. The molecule has 0 aromatic carbocycles. The first-order chi connectivity index (χ1) is 8.11. The van der Waals surface area contributed by atoms with Gasteiger partial charge in [0.25, 0.3) is 0 Å². The van der Waals surface area contributed by atoms with Crippen molar-refractivity contribution >= 4 is 22.8 Å². The van der Waals surface area contributed by atoms with Gasteiger partial charge in [0, 0.05) is 24.5 Å². The second kappa shape index (κ2) is 4.84. The Morgan fingerprint density at radius 1 is 1.59 bits per heavy atom. The van der Waals surface area contributed by atoms with E-state index in [9.17, 15) is 4.79 Å². The minimum atomic E-state index is 0.116. The van der Waals surface area contributed by atoms with Gasteiger partial charge in [-0.3, -0.25) is 4.79 Å². The predicted octanol–water partition coefficient (Wildman–Crippen LogP) is 2.64. The average molecular weight is 248 g/mol. The van der Waals surface area contributed by atoms with Gasteiger partial charge in [-0.15, -0.1) is 11.3 Å². The van der Waals surface area contributed by atoms with E-state index in [2.05, 4.69) is 11.1 Å². The summed E-state index contributed by atoms with van der Waals surface area (Å²) in [6.07, 6.45) is 4.75. The summed E-state index contributed by atoms with van der Waals surface area (Å²) < 4.78 is 0. The van der Waals surface area contributed by atoms with Crippen LogP contribution in [0.3, 0.4) is 0 Å². The topological polar surface area (TPSA) is 33.2 Å². The van der Waals surface area contributed by atoms with E-state index in [4.69, 9.17) is 0 Å². The van der Waals surface area contributed by atoms with Crippen molar-refractivity contribution in [3.63, 3.8) is 0 Å². The first-order valence-corrected chi connectivity index (χ1v) is 6.58. The summed E-state index contributed by atoms with van der Waals surface area (Å²) in [5, 5.41) is 3.09. The molecule has 0 fully saturated rings. The Morgan fingerprint density at radius 2 is 2.35 bits per heavy atom. The quantitative estimate of drug-likeness (QED) is 0.824. The van der Waals surface area contributed by atoms with E-state index in [-0.39, 0.29) is 5.91 Å². The summed E-state index contributed by atoms with van der Waals surface area (Å²) in [5.41, 5.74) is 2.91. The van der Waals surface area contributed by atoms with Crippen molar-refractivity contribution in [3.05, 3.63) is 33.8 Å². The van der Waals surface area contributed by atoms with Gasteiger partial charge in [0.05, 0.1) is 10.7 Å². The maximum Gasteiger partial charge on any atom is 0.249 e. The molecule has 4 heteroatoms. The number of amides is 1.